The lowest BCUT2D eigenvalue weighted by molar-refractivity contribution is -0.274. The fourth-order valence-corrected chi connectivity index (χ4v) is 3.69. The molecule has 8 heteroatoms. The van der Waals surface area contributed by atoms with Crippen LogP contribution >= 0.6 is 11.3 Å². The van der Waals surface area contributed by atoms with Gasteiger partial charge in [-0.3, -0.25) is 4.79 Å². The van der Waals surface area contributed by atoms with E-state index in [1.165, 1.54) is 23.5 Å². The van der Waals surface area contributed by atoms with Crippen molar-refractivity contribution in [1.29, 1.82) is 0 Å². The van der Waals surface area contributed by atoms with Gasteiger partial charge in [-0.05, 0) is 36.4 Å². The predicted molar refractivity (Wildman–Crippen MR) is 114 cm³/mol. The van der Waals surface area contributed by atoms with Crippen LogP contribution < -0.4 is 10.1 Å². The molecular weight excluding hydrogens is 425 g/mol. The molecule has 4 rings (SSSR count). The zero-order valence-electron chi connectivity index (χ0n) is 15.9. The summed E-state index contributed by atoms with van der Waals surface area (Å²) in [4.78, 5) is 17.1. The number of benzene rings is 3. The molecule has 4 aromatic rings. The smallest absolute Gasteiger partial charge is 0.406 e. The summed E-state index contributed by atoms with van der Waals surface area (Å²) in [5.41, 5.74) is 3.58. The maximum absolute atomic E-state index is 12.4. The molecule has 31 heavy (non-hydrogen) atoms. The van der Waals surface area contributed by atoms with Crippen molar-refractivity contribution >= 4 is 22.9 Å². The SMILES string of the molecule is O=C(Nc1ccc(OC(F)(F)F)cc1)c1ccc(-c2nc(-c3ccccc3)cs2)cc1. The van der Waals surface area contributed by atoms with Crippen LogP contribution in [0, 0.1) is 0 Å². The second kappa shape index (κ2) is 8.61. The van der Waals surface area contributed by atoms with Crippen LogP contribution in [0.25, 0.3) is 21.8 Å². The van der Waals surface area contributed by atoms with Gasteiger partial charge in [-0.1, -0.05) is 42.5 Å². The average Bonchev–Trinajstić information content (AvgIpc) is 3.25. The summed E-state index contributed by atoms with van der Waals surface area (Å²) >= 11 is 1.52. The summed E-state index contributed by atoms with van der Waals surface area (Å²) in [5.74, 6) is -0.728. The van der Waals surface area contributed by atoms with Gasteiger partial charge in [-0.2, -0.15) is 0 Å². The number of anilines is 1. The van der Waals surface area contributed by atoms with Crippen LogP contribution in [-0.4, -0.2) is 17.3 Å². The van der Waals surface area contributed by atoms with E-state index in [2.05, 4.69) is 15.0 Å². The van der Waals surface area contributed by atoms with Gasteiger partial charge in [0.25, 0.3) is 5.91 Å². The second-order valence-electron chi connectivity index (χ2n) is 6.51. The van der Waals surface area contributed by atoms with Crippen LogP contribution in [0.4, 0.5) is 18.9 Å². The fourth-order valence-electron chi connectivity index (χ4n) is 2.86. The van der Waals surface area contributed by atoms with Gasteiger partial charge in [0.1, 0.15) is 10.8 Å². The summed E-state index contributed by atoms with van der Waals surface area (Å²) < 4.78 is 40.5. The van der Waals surface area contributed by atoms with Crippen molar-refractivity contribution in [3.8, 4) is 27.6 Å². The van der Waals surface area contributed by atoms with E-state index in [1.807, 2.05) is 47.8 Å². The monoisotopic (exact) mass is 440 g/mol. The number of ether oxygens (including phenoxy) is 1. The lowest BCUT2D eigenvalue weighted by Crippen LogP contribution is -2.17. The Morgan fingerprint density at radius 3 is 2.19 bits per heavy atom. The molecule has 0 spiro atoms. The maximum atomic E-state index is 12.4. The Kier molecular flexibility index (Phi) is 5.73. The van der Waals surface area contributed by atoms with Crippen LogP contribution in [0.5, 0.6) is 5.75 Å². The highest BCUT2D eigenvalue weighted by molar-refractivity contribution is 7.13. The number of hydrogen-bond acceptors (Lipinski definition) is 4. The number of thiazole rings is 1. The fraction of sp³-hybridized carbons (Fsp3) is 0.0435. The quantitative estimate of drug-likeness (QED) is 0.379. The first kappa shape index (κ1) is 20.6. The highest BCUT2D eigenvalue weighted by Crippen LogP contribution is 2.29. The van der Waals surface area contributed by atoms with Crippen LogP contribution in [0.2, 0.25) is 0 Å². The minimum Gasteiger partial charge on any atom is -0.406 e. The van der Waals surface area contributed by atoms with Gasteiger partial charge < -0.3 is 10.1 Å². The highest BCUT2D eigenvalue weighted by atomic mass is 32.1. The lowest BCUT2D eigenvalue weighted by Gasteiger charge is -2.10. The molecule has 0 saturated heterocycles. The molecule has 0 aliphatic rings. The molecule has 0 aliphatic heterocycles. The first-order chi connectivity index (χ1) is 14.9. The van der Waals surface area contributed by atoms with Crippen molar-refractivity contribution in [1.82, 2.24) is 4.98 Å². The first-order valence-electron chi connectivity index (χ1n) is 9.16. The zero-order valence-corrected chi connectivity index (χ0v) is 16.7. The van der Waals surface area contributed by atoms with E-state index < -0.39 is 6.36 Å². The molecule has 156 valence electrons. The molecule has 1 heterocycles. The summed E-state index contributed by atoms with van der Waals surface area (Å²) in [6, 6.07) is 21.8. The van der Waals surface area contributed by atoms with Gasteiger partial charge in [0.15, 0.2) is 0 Å². The molecule has 3 aromatic carbocycles. The number of carbonyl (C=O) groups excluding carboxylic acids is 1. The molecule has 0 radical (unpaired) electrons. The number of carbonyl (C=O) groups is 1. The molecule has 0 fully saturated rings. The summed E-state index contributed by atoms with van der Waals surface area (Å²) in [6.45, 7) is 0. The van der Waals surface area contributed by atoms with E-state index in [0.717, 1.165) is 34.0 Å². The Hall–Kier alpha value is -3.65. The molecule has 1 N–H and O–H groups in total. The molecular formula is C23H15F3N2O2S. The van der Waals surface area contributed by atoms with Gasteiger partial charge in [0.2, 0.25) is 0 Å². The van der Waals surface area contributed by atoms with E-state index in [4.69, 9.17) is 0 Å². The van der Waals surface area contributed by atoms with Gasteiger partial charge >= 0.3 is 6.36 Å². The van der Waals surface area contributed by atoms with Crippen molar-refractivity contribution in [3.63, 3.8) is 0 Å². The molecule has 0 unspecified atom stereocenters. The second-order valence-corrected chi connectivity index (χ2v) is 7.37. The summed E-state index contributed by atoms with van der Waals surface area (Å²) in [6.07, 6.45) is -4.76. The molecule has 4 nitrogen and oxygen atoms in total. The van der Waals surface area contributed by atoms with Crippen LogP contribution in [0.3, 0.4) is 0 Å². The van der Waals surface area contributed by atoms with E-state index in [1.54, 1.807) is 12.1 Å². The van der Waals surface area contributed by atoms with Crippen LogP contribution in [0.15, 0.2) is 84.2 Å². The number of rotatable bonds is 5. The molecule has 0 bridgehead atoms. The molecule has 0 atom stereocenters. The number of hydrogen-bond donors (Lipinski definition) is 1. The third-order valence-corrected chi connectivity index (χ3v) is 5.20. The number of aromatic nitrogens is 1. The van der Waals surface area contributed by atoms with Crippen molar-refractivity contribution in [2.24, 2.45) is 0 Å². The van der Waals surface area contributed by atoms with Gasteiger partial charge in [-0.25, -0.2) is 4.98 Å². The zero-order chi connectivity index (χ0) is 21.8. The van der Waals surface area contributed by atoms with Crippen molar-refractivity contribution in [2.45, 2.75) is 6.36 Å². The number of halogens is 3. The van der Waals surface area contributed by atoms with Crippen LogP contribution in [0.1, 0.15) is 10.4 Å². The van der Waals surface area contributed by atoms with Crippen molar-refractivity contribution < 1.29 is 22.7 Å². The normalized spacial score (nSPS) is 11.2. The maximum Gasteiger partial charge on any atom is 0.573 e. The Bertz CT molecular complexity index is 1170. The molecule has 1 aromatic heterocycles. The number of alkyl halides is 3. The Morgan fingerprint density at radius 2 is 1.55 bits per heavy atom. The van der Waals surface area contributed by atoms with Gasteiger partial charge in [0, 0.05) is 27.8 Å². The minimum absolute atomic E-state index is 0.354. The van der Waals surface area contributed by atoms with E-state index in [-0.39, 0.29) is 11.7 Å². The topological polar surface area (TPSA) is 51.2 Å². The average molecular weight is 440 g/mol. The predicted octanol–water partition coefficient (Wildman–Crippen LogP) is 6.63. The lowest BCUT2D eigenvalue weighted by atomic mass is 10.1. The largest absolute Gasteiger partial charge is 0.573 e. The molecule has 0 aliphatic carbocycles. The highest BCUT2D eigenvalue weighted by Gasteiger charge is 2.30. The Balaban J connectivity index is 1.42. The standard InChI is InChI=1S/C23H15F3N2O2S/c24-23(25,26)30-19-12-10-18(11-13-19)27-21(29)16-6-8-17(9-7-16)22-28-20(14-31-22)15-4-2-1-3-5-15/h1-14H,(H,27,29). The van der Waals surface area contributed by atoms with Crippen molar-refractivity contribution in [3.05, 3.63) is 89.8 Å². The van der Waals surface area contributed by atoms with E-state index >= 15 is 0 Å². The Labute approximate surface area is 180 Å². The number of amides is 1. The van der Waals surface area contributed by atoms with Gasteiger partial charge in [-0.15, -0.1) is 24.5 Å². The Morgan fingerprint density at radius 1 is 0.871 bits per heavy atom. The summed E-state index contributed by atoms with van der Waals surface area (Å²) in [7, 11) is 0. The third-order valence-electron chi connectivity index (χ3n) is 4.31. The van der Waals surface area contributed by atoms with E-state index in [0.29, 0.717) is 11.3 Å². The third kappa shape index (κ3) is 5.29. The number of nitrogens with zero attached hydrogens (tertiary/aromatic N) is 1. The molecule has 0 saturated carbocycles. The number of nitrogens with one attached hydrogen (secondary N) is 1. The van der Waals surface area contributed by atoms with Crippen molar-refractivity contribution in [2.75, 3.05) is 5.32 Å². The molecule has 1 amide bonds. The van der Waals surface area contributed by atoms with E-state index in [9.17, 15) is 18.0 Å². The van der Waals surface area contributed by atoms with Gasteiger partial charge in [0.05, 0.1) is 5.69 Å². The minimum atomic E-state index is -4.76. The first-order valence-corrected chi connectivity index (χ1v) is 10.0. The summed E-state index contributed by atoms with van der Waals surface area (Å²) in [5, 5.41) is 5.47. The van der Waals surface area contributed by atoms with Crippen LogP contribution in [-0.2, 0) is 0 Å².